The lowest BCUT2D eigenvalue weighted by molar-refractivity contribution is -0.137. The summed E-state index contributed by atoms with van der Waals surface area (Å²) in [5.41, 5.74) is -0.472. The number of aliphatic hydroxyl groups excluding tert-OH is 1. The number of benzene rings is 1. The summed E-state index contributed by atoms with van der Waals surface area (Å²) in [4.78, 5) is 1.54. The first-order valence-electron chi connectivity index (χ1n) is 6.09. The molecule has 1 N–H and O–H groups in total. The van der Waals surface area contributed by atoms with Crippen molar-refractivity contribution in [2.75, 3.05) is 31.7 Å². The Morgan fingerprint density at radius 1 is 1.40 bits per heavy atom. The topological polar surface area (TPSA) is 32.7 Å². The number of methoxy groups -OCH3 is 1. The Labute approximate surface area is 116 Å². The molecule has 0 fully saturated rings. The van der Waals surface area contributed by atoms with Crippen molar-refractivity contribution in [3.05, 3.63) is 42.0 Å². The first-order chi connectivity index (χ1) is 9.43. The van der Waals surface area contributed by atoms with Crippen LogP contribution >= 0.6 is 0 Å². The summed E-state index contributed by atoms with van der Waals surface area (Å²) in [5.74, 6) is 0. The third-order valence-corrected chi connectivity index (χ3v) is 2.80. The maximum absolute atomic E-state index is 13.1. The van der Waals surface area contributed by atoms with Crippen LogP contribution in [-0.2, 0) is 17.5 Å². The highest BCUT2D eigenvalue weighted by atomic mass is 19.4. The first-order valence-corrected chi connectivity index (χ1v) is 6.09. The van der Waals surface area contributed by atoms with Gasteiger partial charge in [-0.1, -0.05) is 12.1 Å². The van der Waals surface area contributed by atoms with Crippen molar-refractivity contribution in [3.63, 3.8) is 0 Å². The lowest BCUT2D eigenvalue weighted by Gasteiger charge is -2.26. The molecule has 0 aromatic heterocycles. The van der Waals surface area contributed by atoms with Gasteiger partial charge in [0, 0.05) is 25.9 Å². The number of rotatable bonds is 7. The Morgan fingerprint density at radius 3 is 2.60 bits per heavy atom. The van der Waals surface area contributed by atoms with E-state index in [-0.39, 0.29) is 17.8 Å². The quantitative estimate of drug-likeness (QED) is 0.783. The van der Waals surface area contributed by atoms with E-state index in [2.05, 4.69) is 6.58 Å². The van der Waals surface area contributed by atoms with Crippen molar-refractivity contribution >= 4 is 5.69 Å². The Hall–Kier alpha value is -1.53. The van der Waals surface area contributed by atoms with E-state index in [1.807, 2.05) is 0 Å². The van der Waals surface area contributed by atoms with Crippen molar-refractivity contribution in [1.82, 2.24) is 0 Å². The second kappa shape index (κ2) is 7.31. The second-order valence-electron chi connectivity index (χ2n) is 4.23. The maximum Gasteiger partial charge on any atom is 0.418 e. The van der Waals surface area contributed by atoms with Gasteiger partial charge in [0.25, 0.3) is 0 Å². The summed E-state index contributed by atoms with van der Waals surface area (Å²) in [5, 5.41) is 8.98. The SMILES string of the molecule is C=CCN(CCOC)c1ccc(CO)cc1C(F)(F)F. The van der Waals surface area contributed by atoms with E-state index in [0.29, 0.717) is 13.2 Å². The molecule has 0 atom stereocenters. The number of ether oxygens (including phenoxy) is 1. The molecule has 6 heteroatoms. The number of halogens is 3. The molecule has 3 nitrogen and oxygen atoms in total. The van der Waals surface area contributed by atoms with Crippen LogP contribution in [0.25, 0.3) is 0 Å². The summed E-state index contributed by atoms with van der Waals surface area (Å²) >= 11 is 0. The minimum Gasteiger partial charge on any atom is -0.392 e. The van der Waals surface area contributed by atoms with Crippen molar-refractivity contribution < 1.29 is 23.0 Å². The summed E-state index contributed by atoms with van der Waals surface area (Å²) in [6.45, 7) is 4.05. The highest BCUT2D eigenvalue weighted by Gasteiger charge is 2.35. The Kier molecular flexibility index (Phi) is 6.04. The highest BCUT2D eigenvalue weighted by molar-refractivity contribution is 5.57. The van der Waals surface area contributed by atoms with Crippen LogP contribution in [0.3, 0.4) is 0 Å². The van der Waals surface area contributed by atoms with Gasteiger partial charge in [0.15, 0.2) is 0 Å². The van der Waals surface area contributed by atoms with Crippen molar-refractivity contribution in [1.29, 1.82) is 0 Å². The molecule has 0 bridgehead atoms. The Balaban J connectivity index is 3.21. The van der Waals surface area contributed by atoms with E-state index >= 15 is 0 Å². The lowest BCUT2D eigenvalue weighted by Crippen LogP contribution is -2.29. The molecule has 0 aliphatic rings. The van der Waals surface area contributed by atoms with Crippen molar-refractivity contribution in [3.8, 4) is 0 Å². The lowest BCUT2D eigenvalue weighted by atomic mass is 10.1. The summed E-state index contributed by atoms with van der Waals surface area (Å²) in [6, 6.07) is 3.82. The summed E-state index contributed by atoms with van der Waals surface area (Å²) in [7, 11) is 1.49. The normalized spacial score (nSPS) is 11.4. The smallest absolute Gasteiger partial charge is 0.392 e. The average Bonchev–Trinajstić information content (AvgIpc) is 2.42. The molecule has 0 aliphatic carbocycles. The van der Waals surface area contributed by atoms with Crippen LogP contribution in [0, 0.1) is 0 Å². The van der Waals surface area contributed by atoms with Gasteiger partial charge in [-0.15, -0.1) is 6.58 Å². The molecule has 0 saturated heterocycles. The van der Waals surface area contributed by atoms with Crippen molar-refractivity contribution in [2.45, 2.75) is 12.8 Å². The number of aliphatic hydroxyl groups is 1. The monoisotopic (exact) mass is 289 g/mol. The molecule has 112 valence electrons. The molecule has 0 heterocycles. The van der Waals surface area contributed by atoms with E-state index in [9.17, 15) is 13.2 Å². The zero-order valence-electron chi connectivity index (χ0n) is 11.3. The zero-order valence-corrected chi connectivity index (χ0v) is 11.3. The molecule has 0 unspecified atom stereocenters. The van der Waals surface area contributed by atoms with E-state index < -0.39 is 18.3 Å². The molecule has 0 amide bonds. The average molecular weight is 289 g/mol. The van der Waals surface area contributed by atoms with Gasteiger partial charge in [0.2, 0.25) is 0 Å². The van der Waals surface area contributed by atoms with Crippen LogP contribution in [0.5, 0.6) is 0 Å². The molecular weight excluding hydrogens is 271 g/mol. The molecule has 0 saturated carbocycles. The standard InChI is InChI=1S/C14H18F3NO2/c1-3-6-18(7-8-20-2)13-5-4-11(10-19)9-12(13)14(15,16)17/h3-5,9,19H,1,6-8,10H2,2H3. The predicted octanol–water partition coefficient (Wildman–Crippen LogP) is 2.84. The Bertz CT molecular complexity index is 447. The van der Waals surface area contributed by atoms with Gasteiger partial charge in [-0.25, -0.2) is 0 Å². The molecular formula is C14H18F3NO2. The number of alkyl halides is 3. The fourth-order valence-electron chi connectivity index (χ4n) is 1.85. The van der Waals surface area contributed by atoms with E-state index in [1.165, 1.54) is 25.3 Å². The molecule has 0 radical (unpaired) electrons. The number of hydrogen-bond donors (Lipinski definition) is 1. The first kappa shape index (κ1) is 16.5. The van der Waals surface area contributed by atoms with Crippen LogP contribution in [0.15, 0.2) is 30.9 Å². The molecule has 1 aromatic rings. The van der Waals surface area contributed by atoms with Gasteiger partial charge in [0.05, 0.1) is 18.8 Å². The van der Waals surface area contributed by atoms with Gasteiger partial charge in [0.1, 0.15) is 0 Å². The molecule has 0 spiro atoms. The molecule has 1 rings (SSSR count). The second-order valence-corrected chi connectivity index (χ2v) is 4.23. The van der Waals surface area contributed by atoms with Crippen LogP contribution in [0.4, 0.5) is 18.9 Å². The van der Waals surface area contributed by atoms with Gasteiger partial charge in [-0.3, -0.25) is 0 Å². The summed E-state index contributed by atoms with van der Waals surface area (Å²) < 4.78 is 44.3. The maximum atomic E-state index is 13.1. The number of anilines is 1. The van der Waals surface area contributed by atoms with Gasteiger partial charge < -0.3 is 14.7 Å². The number of nitrogens with zero attached hydrogens (tertiary/aromatic N) is 1. The van der Waals surface area contributed by atoms with Gasteiger partial charge in [-0.2, -0.15) is 13.2 Å². The fraction of sp³-hybridized carbons (Fsp3) is 0.429. The largest absolute Gasteiger partial charge is 0.418 e. The minimum atomic E-state index is -4.48. The van der Waals surface area contributed by atoms with E-state index in [1.54, 1.807) is 4.90 Å². The van der Waals surface area contributed by atoms with Crippen LogP contribution in [-0.4, -0.2) is 31.9 Å². The predicted molar refractivity (Wildman–Crippen MR) is 71.7 cm³/mol. The van der Waals surface area contributed by atoms with Gasteiger partial charge >= 0.3 is 6.18 Å². The van der Waals surface area contributed by atoms with E-state index in [4.69, 9.17) is 9.84 Å². The fourth-order valence-corrected chi connectivity index (χ4v) is 1.85. The van der Waals surface area contributed by atoms with Crippen LogP contribution in [0.2, 0.25) is 0 Å². The third-order valence-electron chi connectivity index (χ3n) is 2.80. The highest BCUT2D eigenvalue weighted by Crippen LogP contribution is 2.37. The van der Waals surface area contributed by atoms with Crippen molar-refractivity contribution in [2.24, 2.45) is 0 Å². The molecule has 0 aliphatic heterocycles. The van der Waals surface area contributed by atoms with Gasteiger partial charge in [-0.05, 0) is 17.7 Å². The minimum absolute atomic E-state index is 0.0617. The number of hydrogen-bond acceptors (Lipinski definition) is 3. The molecule has 1 aromatic carbocycles. The van der Waals surface area contributed by atoms with Crippen LogP contribution in [0.1, 0.15) is 11.1 Å². The Morgan fingerprint density at radius 2 is 2.10 bits per heavy atom. The van der Waals surface area contributed by atoms with E-state index in [0.717, 1.165) is 6.07 Å². The molecule has 20 heavy (non-hydrogen) atoms. The van der Waals surface area contributed by atoms with Crippen LogP contribution < -0.4 is 4.90 Å². The zero-order chi connectivity index (χ0) is 15.2. The summed E-state index contributed by atoms with van der Waals surface area (Å²) in [6.07, 6.45) is -2.94. The third kappa shape index (κ3) is 4.25.